The van der Waals surface area contributed by atoms with Crippen molar-refractivity contribution in [3.8, 4) is 0 Å². The van der Waals surface area contributed by atoms with E-state index < -0.39 is 53.1 Å². The van der Waals surface area contributed by atoms with Gasteiger partial charge in [0.25, 0.3) is 0 Å². The lowest BCUT2D eigenvalue weighted by Crippen LogP contribution is -3.12. The van der Waals surface area contributed by atoms with E-state index in [1.54, 1.807) is 0 Å². The van der Waals surface area contributed by atoms with Crippen molar-refractivity contribution in [1.82, 2.24) is 0 Å². The third-order valence-corrected chi connectivity index (χ3v) is 9.60. The molecule has 0 aliphatic carbocycles. The van der Waals surface area contributed by atoms with Gasteiger partial charge in [-0.05, 0) is 19.3 Å². The molecule has 4 rings (SSSR count). The number of unbranched alkanes of at least 4 members (excludes halogenated alkanes) is 3. The zero-order valence-corrected chi connectivity index (χ0v) is 30.2. The van der Waals surface area contributed by atoms with Crippen LogP contribution < -0.4 is 26.8 Å². The largest absolute Gasteiger partial charge is 0.416 e. The van der Waals surface area contributed by atoms with Crippen molar-refractivity contribution in [3.05, 3.63) is 119 Å². The van der Waals surface area contributed by atoms with Gasteiger partial charge in [0.15, 0.2) is 0 Å². The number of halogens is 12. The van der Waals surface area contributed by atoms with Crippen molar-refractivity contribution < 1.29 is 57.6 Å². The number of benzene rings is 4. The molecule has 0 saturated heterocycles. The molecular weight excluding hydrogens is 733 g/mol. The minimum Gasteiger partial charge on any atom is -0.335 e. The summed E-state index contributed by atoms with van der Waals surface area (Å²) >= 11 is 0. The molecule has 296 valence electrons. The molecule has 0 fully saturated rings. The Bertz CT molecular complexity index is 1440. The Hall–Kier alpha value is -3.94. The number of nitrogens with one attached hydrogen (secondary N) is 1. The average molecular weight is 778 g/mol. The molecule has 0 saturated carbocycles. The zero-order chi connectivity index (χ0) is 40.4. The molecule has 0 bridgehead atoms. The Morgan fingerprint density at radius 2 is 0.537 bits per heavy atom. The van der Waals surface area contributed by atoms with Gasteiger partial charge >= 0.3 is 24.7 Å². The van der Waals surface area contributed by atoms with Gasteiger partial charge in [-0.2, -0.15) is 74.5 Å². The number of alkyl halides is 12. The van der Waals surface area contributed by atoms with Crippen LogP contribution in [-0.4, -0.2) is 25.8 Å². The van der Waals surface area contributed by atoms with Gasteiger partial charge in [0.1, 0.15) is 6.15 Å². The van der Waals surface area contributed by atoms with Crippen molar-refractivity contribution in [3.63, 3.8) is 0 Å². The highest BCUT2D eigenvalue weighted by atomic mass is 19.4. The molecule has 0 heterocycles. The monoisotopic (exact) mass is 777 g/mol. The minimum absolute atomic E-state index is 0.0114. The Labute approximate surface area is 308 Å². The minimum atomic E-state index is -4.77. The topological polar surface area (TPSA) is 4.44 Å². The fraction of sp³-hybridized carbons (Fsp3) is 0.400. The van der Waals surface area contributed by atoms with Gasteiger partial charge < -0.3 is 4.90 Å². The van der Waals surface area contributed by atoms with E-state index in [1.807, 2.05) is 4.90 Å². The van der Waals surface area contributed by atoms with Gasteiger partial charge in [0.05, 0.1) is 41.9 Å². The summed E-state index contributed by atoms with van der Waals surface area (Å²) in [5, 5.41) is 0. The molecule has 14 heteroatoms. The Morgan fingerprint density at radius 3 is 0.685 bits per heavy atom. The SMILES string of the molecule is CCCC[NH+](CCCC)CCCC.FC(F)(F)c1ccc([B-](c2ccc(C(F)(F)F)cc2)(c2ccc(C(F)(F)F)cc2)c2ccc(C(F)(F)F)cc2)cc1. The summed E-state index contributed by atoms with van der Waals surface area (Å²) in [7, 11) is 0. The van der Waals surface area contributed by atoms with E-state index in [-0.39, 0.29) is 21.9 Å². The highest BCUT2D eigenvalue weighted by Gasteiger charge is 2.38. The van der Waals surface area contributed by atoms with E-state index in [9.17, 15) is 52.7 Å². The number of rotatable bonds is 13. The molecule has 54 heavy (non-hydrogen) atoms. The third kappa shape index (κ3) is 11.5. The summed E-state index contributed by atoms with van der Waals surface area (Å²) in [5.74, 6) is 0. The van der Waals surface area contributed by atoms with Gasteiger partial charge in [-0.1, -0.05) is 137 Å². The molecule has 0 radical (unpaired) electrons. The van der Waals surface area contributed by atoms with Crippen LogP contribution in [0.1, 0.15) is 81.5 Å². The Morgan fingerprint density at radius 1 is 0.352 bits per heavy atom. The molecular formula is C40H44BF12N. The highest BCUT2D eigenvalue weighted by molar-refractivity contribution is 7.19. The standard InChI is InChI=1S/C28H16BF12.C12H27N/c30-25(31,32)17-1-9-21(10-2-17)29(22-11-3-18(4-12-22)26(33,34)35,23-13-5-19(6-14-23)27(36,37)38)24-15-7-20(8-16-24)28(39,40)41;1-4-7-10-13(11-8-5-2)12-9-6-3/h1-16H;4-12H2,1-3H3/q-1;/p+1. The highest BCUT2D eigenvalue weighted by Crippen LogP contribution is 2.32. The van der Waals surface area contributed by atoms with E-state index in [0.29, 0.717) is 48.5 Å². The Kier molecular flexibility index (Phi) is 15.3. The molecule has 0 aliphatic heterocycles. The molecule has 0 amide bonds. The fourth-order valence-corrected chi connectivity index (χ4v) is 6.65. The smallest absolute Gasteiger partial charge is 0.335 e. The summed E-state index contributed by atoms with van der Waals surface area (Å²) in [6.45, 7) is 11.1. The molecule has 0 spiro atoms. The summed E-state index contributed by atoms with van der Waals surface area (Å²) < 4.78 is 160. The van der Waals surface area contributed by atoms with Crippen molar-refractivity contribution in [1.29, 1.82) is 0 Å². The van der Waals surface area contributed by atoms with Crippen LogP contribution >= 0.6 is 0 Å². The first-order chi connectivity index (χ1) is 25.2. The lowest BCUT2D eigenvalue weighted by Gasteiger charge is -2.44. The van der Waals surface area contributed by atoms with Crippen molar-refractivity contribution in [2.24, 2.45) is 0 Å². The maximum absolute atomic E-state index is 13.3. The summed E-state index contributed by atoms with van der Waals surface area (Å²) in [5.41, 5.74) is -4.29. The normalized spacial score (nSPS) is 12.8. The first kappa shape index (κ1) is 44.5. The summed E-state index contributed by atoms with van der Waals surface area (Å²) in [6.07, 6.45) is -13.7. The second-order valence-electron chi connectivity index (χ2n) is 13.4. The first-order valence-corrected chi connectivity index (χ1v) is 17.9. The summed E-state index contributed by atoms with van der Waals surface area (Å²) in [6, 6.07) is 13.6. The van der Waals surface area contributed by atoms with Crippen LogP contribution in [0, 0.1) is 0 Å². The second kappa shape index (κ2) is 18.6. The van der Waals surface area contributed by atoms with E-state index >= 15 is 0 Å². The molecule has 1 N–H and O–H groups in total. The molecule has 4 aromatic rings. The average Bonchev–Trinajstić information content (AvgIpc) is 3.11. The van der Waals surface area contributed by atoms with Gasteiger partial charge in [0, 0.05) is 0 Å². The van der Waals surface area contributed by atoms with Crippen LogP contribution in [0.5, 0.6) is 0 Å². The maximum Gasteiger partial charge on any atom is 0.416 e. The number of quaternary nitrogens is 1. The van der Waals surface area contributed by atoms with Crippen LogP contribution in [-0.2, 0) is 24.7 Å². The van der Waals surface area contributed by atoms with Gasteiger partial charge in [-0.25, -0.2) is 0 Å². The summed E-state index contributed by atoms with van der Waals surface area (Å²) in [4.78, 5) is 1.84. The van der Waals surface area contributed by atoms with Crippen LogP contribution in [0.2, 0.25) is 0 Å². The van der Waals surface area contributed by atoms with E-state index in [1.165, 1.54) is 58.2 Å². The van der Waals surface area contributed by atoms with Crippen LogP contribution in [0.25, 0.3) is 0 Å². The first-order valence-electron chi connectivity index (χ1n) is 17.9. The van der Waals surface area contributed by atoms with Crippen molar-refractivity contribution >= 4 is 28.0 Å². The van der Waals surface area contributed by atoms with E-state index in [4.69, 9.17) is 0 Å². The van der Waals surface area contributed by atoms with Crippen LogP contribution in [0.15, 0.2) is 97.1 Å². The molecule has 0 aromatic heterocycles. The quantitative estimate of drug-likeness (QED) is 0.102. The van der Waals surface area contributed by atoms with E-state index in [0.717, 1.165) is 48.5 Å². The fourth-order valence-electron chi connectivity index (χ4n) is 6.65. The zero-order valence-electron chi connectivity index (χ0n) is 30.2. The van der Waals surface area contributed by atoms with Crippen molar-refractivity contribution in [2.45, 2.75) is 84.0 Å². The lowest BCUT2D eigenvalue weighted by molar-refractivity contribution is -0.900. The van der Waals surface area contributed by atoms with Crippen molar-refractivity contribution in [2.75, 3.05) is 19.6 Å². The maximum atomic E-state index is 13.3. The van der Waals surface area contributed by atoms with Crippen LogP contribution in [0.4, 0.5) is 52.7 Å². The molecule has 0 aliphatic rings. The third-order valence-electron chi connectivity index (χ3n) is 9.60. The Balaban J connectivity index is 0.000000515. The van der Waals surface area contributed by atoms with E-state index in [2.05, 4.69) is 20.8 Å². The lowest BCUT2D eigenvalue weighted by atomic mass is 9.13. The molecule has 4 aromatic carbocycles. The van der Waals surface area contributed by atoms with Gasteiger partial charge in [-0.15, -0.1) is 0 Å². The molecule has 1 nitrogen and oxygen atoms in total. The molecule has 0 unspecified atom stereocenters. The van der Waals surface area contributed by atoms with Gasteiger partial charge in [-0.3, -0.25) is 0 Å². The number of hydrogen-bond acceptors (Lipinski definition) is 0. The van der Waals surface area contributed by atoms with Crippen LogP contribution in [0.3, 0.4) is 0 Å². The molecule has 0 atom stereocenters. The number of hydrogen-bond donors (Lipinski definition) is 1. The second-order valence-corrected chi connectivity index (χ2v) is 13.4. The van der Waals surface area contributed by atoms with Gasteiger partial charge in [0.2, 0.25) is 0 Å². The predicted molar refractivity (Wildman–Crippen MR) is 190 cm³/mol. The predicted octanol–water partition coefficient (Wildman–Crippen LogP) is 9.41.